The van der Waals surface area contributed by atoms with Crippen LogP contribution in [-0.4, -0.2) is 33.3 Å². The molecule has 0 radical (unpaired) electrons. The van der Waals surface area contributed by atoms with Crippen molar-refractivity contribution in [1.82, 2.24) is 10.6 Å². The molecule has 0 amide bonds. The third-order valence-corrected chi connectivity index (χ3v) is 4.36. The normalized spacial score (nSPS) is 10.9. The molecule has 0 saturated heterocycles. The Bertz CT molecular complexity index is 661. The molecule has 0 spiro atoms. The van der Waals surface area contributed by atoms with E-state index in [4.69, 9.17) is 9.47 Å². The van der Waals surface area contributed by atoms with Gasteiger partial charge in [-0.2, -0.15) is 0 Å². The van der Waals surface area contributed by atoms with Crippen molar-refractivity contribution >= 4 is 41.3 Å². The molecule has 0 fully saturated rings. The number of ether oxygens (including phenoxy) is 2. The van der Waals surface area contributed by atoms with Crippen LogP contribution in [0, 0.1) is 6.92 Å². The van der Waals surface area contributed by atoms with E-state index in [0.717, 1.165) is 23.8 Å². The zero-order chi connectivity index (χ0) is 17.2. The molecule has 0 atom stereocenters. The summed E-state index contributed by atoms with van der Waals surface area (Å²) >= 11 is 1.79. The molecule has 0 saturated carbocycles. The third-order valence-electron chi connectivity index (χ3n) is 3.36. The first-order valence-corrected chi connectivity index (χ1v) is 8.73. The SMILES string of the molecule is CN=C(NCc1cccc(OCCOC)c1)NCc1ccc(C)s1.I. The van der Waals surface area contributed by atoms with Crippen molar-refractivity contribution in [1.29, 1.82) is 0 Å². The van der Waals surface area contributed by atoms with Gasteiger partial charge in [0.15, 0.2) is 5.96 Å². The molecule has 0 unspecified atom stereocenters. The van der Waals surface area contributed by atoms with Gasteiger partial charge in [0, 0.05) is 30.5 Å². The van der Waals surface area contributed by atoms with Gasteiger partial charge in [0.25, 0.3) is 0 Å². The van der Waals surface area contributed by atoms with Crippen LogP contribution in [0.5, 0.6) is 5.75 Å². The van der Waals surface area contributed by atoms with Crippen molar-refractivity contribution < 1.29 is 9.47 Å². The van der Waals surface area contributed by atoms with Crippen LogP contribution in [0.25, 0.3) is 0 Å². The maximum Gasteiger partial charge on any atom is 0.191 e. The fourth-order valence-electron chi connectivity index (χ4n) is 2.15. The first kappa shape index (κ1) is 21.7. The zero-order valence-electron chi connectivity index (χ0n) is 14.9. The minimum atomic E-state index is 0. The maximum absolute atomic E-state index is 5.63. The number of hydrogen-bond donors (Lipinski definition) is 2. The van der Waals surface area contributed by atoms with Gasteiger partial charge < -0.3 is 20.1 Å². The molecule has 7 heteroatoms. The number of aliphatic imine (C=N–C) groups is 1. The predicted molar refractivity (Wildman–Crippen MR) is 115 cm³/mol. The zero-order valence-corrected chi connectivity index (χ0v) is 18.0. The maximum atomic E-state index is 5.63. The highest BCUT2D eigenvalue weighted by atomic mass is 127. The van der Waals surface area contributed by atoms with Gasteiger partial charge in [-0.1, -0.05) is 12.1 Å². The summed E-state index contributed by atoms with van der Waals surface area (Å²) in [7, 11) is 3.44. The summed E-state index contributed by atoms with van der Waals surface area (Å²) in [5.74, 6) is 1.63. The van der Waals surface area contributed by atoms with Crippen molar-refractivity contribution in [3.8, 4) is 5.75 Å². The molecule has 2 rings (SSSR count). The predicted octanol–water partition coefficient (Wildman–Crippen LogP) is 3.56. The lowest BCUT2D eigenvalue weighted by Crippen LogP contribution is -2.36. The Morgan fingerprint density at radius 3 is 2.60 bits per heavy atom. The van der Waals surface area contributed by atoms with Gasteiger partial charge in [0.05, 0.1) is 13.2 Å². The van der Waals surface area contributed by atoms with E-state index >= 15 is 0 Å². The van der Waals surface area contributed by atoms with Crippen molar-refractivity contribution in [2.75, 3.05) is 27.4 Å². The first-order chi connectivity index (χ1) is 11.7. The topological polar surface area (TPSA) is 54.9 Å². The van der Waals surface area contributed by atoms with Gasteiger partial charge in [-0.05, 0) is 36.8 Å². The Morgan fingerprint density at radius 2 is 1.92 bits per heavy atom. The number of halogens is 1. The Morgan fingerprint density at radius 1 is 1.12 bits per heavy atom. The fourth-order valence-corrected chi connectivity index (χ4v) is 2.98. The molecule has 2 aromatic rings. The number of rotatable bonds is 8. The molecule has 1 aromatic carbocycles. The molecule has 1 heterocycles. The summed E-state index contributed by atoms with van der Waals surface area (Å²) in [6, 6.07) is 12.3. The van der Waals surface area contributed by atoms with E-state index in [1.807, 2.05) is 18.2 Å². The van der Waals surface area contributed by atoms with E-state index in [1.54, 1.807) is 25.5 Å². The van der Waals surface area contributed by atoms with Crippen LogP contribution in [0.1, 0.15) is 15.3 Å². The number of benzene rings is 1. The van der Waals surface area contributed by atoms with Gasteiger partial charge in [-0.25, -0.2) is 0 Å². The first-order valence-electron chi connectivity index (χ1n) is 7.92. The van der Waals surface area contributed by atoms with E-state index < -0.39 is 0 Å². The largest absolute Gasteiger partial charge is 0.491 e. The number of aryl methyl sites for hydroxylation is 1. The minimum absolute atomic E-state index is 0. The van der Waals surface area contributed by atoms with Gasteiger partial charge >= 0.3 is 0 Å². The number of nitrogens with one attached hydrogen (secondary N) is 2. The van der Waals surface area contributed by atoms with Crippen molar-refractivity contribution in [2.45, 2.75) is 20.0 Å². The van der Waals surface area contributed by atoms with E-state index in [2.05, 4.69) is 40.7 Å². The Hall–Kier alpha value is -1.32. The lowest BCUT2D eigenvalue weighted by atomic mass is 10.2. The average Bonchev–Trinajstić information content (AvgIpc) is 3.01. The summed E-state index contributed by atoms with van der Waals surface area (Å²) in [4.78, 5) is 6.87. The van der Waals surface area contributed by atoms with Gasteiger partial charge in [0.2, 0.25) is 0 Å². The lowest BCUT2D eigenvalue weighted by molar-refractivity contribution is 0.146. The Balaban J connectivity index is 0.00000312. The van der Waals surface area contributed by atoms with E-state index in [9.17, 15) is 0 Å². The monoisotopic (exact) mass is 475 g/mol. The quantitative estimate of drug-likeness (QED) is 0.265. The number of thiophene rings is 1. The molecule has 1 aromatic heterocycles. The average molecular weight is 475 g/mol. The highest BCUT2D eigenvalue weighted by Gasteiger charge is 2.02. The highest BCUT2D eigenvalue weighted by Crippen LogP contribution is 2.15. The van der Waals surface area contributed by atoms with Crippen LogP contribution in [0.4, 0.5) is 0 Å². The van der Waals surface area contributed by atoms with E-state index in [-0.39, 0.29) is 24.0 Å². The standard InChI is InChI=1S/C18H25N3O2S.HI/c1-14-7-8-17(24-14)13-21-18(19-2)20-12-15-5-4-6-16(11-15)23-10-9-22-3;/h4-8,11H,9-10,12-13H2,1-3H3,(H2,19,20,21);1H. The van der Waals surface area contributed by atoms with Crippen LogP contribution < -0.4 is 15.4 Å². The Kier molecular flexibility index (Phi) is 10.5. The van der Waals surface area contributed by atoms with Crippen molar-refractivity contribution in [2.24, 2.45) is 4.99 Å². The van der Waals surface area contributed by atoms with E-state index in [0.29, 0.717) is 19.8 Å². The number of hydrogen-bond acceptors (Lipinski definition) is 4. The van der Waals surface area contributed by atoms with Crippen molar-refractivity contribution in [3.05, 3.63) is 51.7 Å². The smallest absolute Gasteiger partial charge is 0.191 e. The summed E-state index contributed by atoms with van der Waals surface area (Å²) in [5.41, 5.74) is 1.14. The summed E-state index contributed by atoms with van der Waals surface area (Å²) in [5, 5.41) is 6.65. The highest BCUT2D eigenvalue weighted by molar-refractivity contribution is 14.0. The van der Waals surface area contributed by atoms with E-state index in [1.165, 1.54) is 9.75 Å². The number of methoxy groups -OCH3 is 1. The van der Waals surface area contributed by atoms with Crippen molar-refractivity contribution in [3.63, 3.8) is 0 Å². The van der Waals surface area contributed by atoms with Crippen LogP contribution in [-0.2, 0) is 17.8 Å². The van der Waals surface area contributed by atoms with Crippen LogP contribution in [0.2, 0.25) is 0 Å². The van der Waals surface area contributed by atoms with Crippen LogP contribution >= 0.6 is 35.3 Å². The van der Waals surface area contributed by atoms with Crippen LogP contribution in [0.3, 0.4) is 0 Å². The second kappa shape index (κ2) is 12.1. The summed E-state index contributed by atoms with van der Waals surface area (Å²) in [6.07, 6.45) is 0. The molecule has 2 N–H and O–H groups in total. The van der Waals surface area contributed by atoms with Gasteiger partial charge in [-0.15, -0.1) is 35.3 Å². The molecule has 0 bridgehead atoms. The fraction of sp³-hybridized carbons (Fsp3) is 0.389. The Labute approximate surface area is 170 Å². The number of guanidine groups is 1. The second-order valence-electron chi connectivity index (χ2n) is 5.28. The molecule has 0 aliphatic heterocycles. The third kappa shape index (κ3) is 8.06. The molecular weight excluding hydrogens is 449 g/mol. The molecule has 0 aliphatic carbocycles. The molecule has 25 heavy (non-hydrogen) atoms. The second-order valence-corrected chi connectivity index (χ2v) is 6.65. The molecule has 5 nitrogen and oxygen atoms in total. The summed E-state index contributed by atoms with van der Waals surface area (Å²) < 4.78 is 10.6. The lowest BCUT2D eigenvalue weighted by Gasteiger charge is -2.12. The minimum Gasteiger partial charge on any atom is -0.491 e. The molecular formula is C18H26IN3O2S. The van der Waals surface area contributed by atoms with Crippen LogP contribution in [0.15, 0.2) is 41.4 Å². The number of nitrogens with zero attached hydrogens (tertiary/aromatic N) is 1. The summed E-state index contributed by atoms with van der Waals surface area (Å²) in [6.45, 7) is 4.71. The van der Waals surface area contributed by atoms with Gasteiger partial charge in [-0.3, -0.25) is 4.99 Å². The molecule has 138 valence electrons. The van der Waals surface area contributed by atoms with Gasteiger partial charge in [0.1, 0.15) is 12.4 Å². The molecule has 0 aliphatic rings.